The summed E-state index contributed by atoms with van der Waals surface area (Å²) in [7, 11) is -2.21. The van der Waals surface area contributed by atoms with E-state index < -0.39 is 10.0 Å². The molecule has 3 rings (SSSR count). The fraction of sp³-hybridized carbons (Fsp3) is 0.381. The molecular formula is C21H25ClN2O5S. The second kappa shape index (κ2) is 10.3. The molecule has 2 aromatic carbocycles. The number of ether oxygens (including phenoxy) is 2. The molecule has 1 aliphatic rings. The molecule has 1 amide bonds. The molecular weight excluding hydrogens is 428 g/mol. The van der Waals surface area contributed by atoms with E-state index in [9.17, 15) is 13.2 Å². The van der Waals surface area contributed by atoms with Gasteiger partial charge in [0, 0.05) is 13.7 Å². The highest BCUT2D eigenvalue weighted by molar-refractivity contribution is 7.89. The number of methoxy groups -OCH3 is 1. The lowest BCUT2D eigenvalue weighted by Gasteiger charge is -2.26. The fourth-order valence-electron chi connectivity index (χ4n) is 3.41. The van der Waals surface area contributed by atoms with Gasteiger partial charge < -0.3 is 14.8 Å². The minimum Gasteiger partial charge on any atom is -0.482 e. The maximum atomic E-state index is 12.4. The number of fused-ring (bicyclic) bond motifs is 1. The topological polar surface area (TPSA) is 93.7 Å². The fourth-order valence-corrected chi connectivity index (χ4v) is 4.75. The third kappa shape index (κ3) is 5.72. The first kappa shape index (κ1) is 22.6. The van der Waals surface area contributed by atoms with Crippen molar-refractivity contribution in [3.63, 3.8) is 0 Å². The molecule has 30 heavy (non-hydrogen) atoms. The molecule has 0 radical (unpaired) electrons. The van der Waals surface area contributed by atoms with Gasteiger partial charge in [0.15, 0.2) is 6.61 Å². The van der Waals surface area contributed by atoms with Crippen LogP contribution in [0.4, 0.5) is 0 Å². The Morgan fingerprint density at radius 3 is 2.80 bits per heavy atom. The minimum atomic E-state index is -3.70. The van der Waals surface area contributed by atoms with E-state index >= 15 is 0 Å². The lowest BCUT2D eigenvalue weighted by atomic mass is 9.88. The molecule has 0 bridgehead atoms. The summed E-state index contributed by atoms with van der Waals surface area (Å²) in [6.07, 6.45) is 2.92. The second-order valence-electron chi connectivity index (χ2n) is 6.98. The van der Waals surface area contributed by atoms with Gasteiger partial charge in [-0.3, -0.25) is 4.79 Å². The molecule has 9 heteroatoms. The van der Waals surface area contributed by atoms with Gasteiger partial charge >= 0.3 is 0 Å². The molecule has 162 valence electrons. The summed E-state index contributed by atoms with van der Waals surface area (Å²) in [4.78, 5) is 12.4. The van der Waals surface area contributed by atoms with E-state index in [2.05, 4.69) is 16.1 Å². The van der Waals surface area contributed by atoms with E-state index in [-0.39, 0.29) is 47.4 Å². The first-order chi connectivity index (χ1) is 14.4. The summed E-state index contributed by atoms with van der Waals surface area (Å²) in [6, 6.07) is 12.2. The predicted molar refractivity (Wildman–Crippen MR) is 114 cm³/mol. The molecule has 2 N–H and O–H groups in total. The normalized spacial score (nSPS) is 16.0. The first-order valence-electron chi connectivity index (χ1n) is 9.69. The molecule has 0 aromatic heterocycles. The van der Waals surface area contributed by atoms with E-state index in [0.717, 1.165) is 24.8 Å². The van der Waals surface area contributed by atoms with Crippen molar-refractivity contribution in [2.45, 2.75) is 30.2 Å². The average Bonchev–Trinajstić information content (AvgIpc) is 2.73. The smallest absolute Gasteiger partial charge is 0.258 e. The molecule has 1 aliphatic carbocycles. The molecule has 0 saturated heterocycles. The summed E-state index contributed by atoms with van der Waals surface area (Å²) in [6.45, 7) is 0.199. The quantitative estimate of drug-likeness (QED) is 0.570. The molecule has 7 nitrogen and oxygen atoms in total. The number of carbonyl (C=O) groups excluding carboxylic acids is 1. The number of amides is 1. The third-order valence-electron chi connectivity index (χ3n) is 4.88. The number of nitrogens with one attached hydrogen (secondary N) is 2. The van der Waals surface area contributed by atoms with Crippen molar-refractivity contribution in [1.29, 1.82) is 0 Å². The van der Waals surface area contributed by atoms with Crippen molar-refractivity contribution in [1.82, 2.24) is 10.0 Å². The summed E-state index contributed by atoms with van der Waals surface area (Å²) in [5.41, 5.74) is 2.40. The molecule has 0 heterocycles. The molecule has 1 unspecified atom stereocenters. The number of hydrogen-bond donors (Lipinski definition) is 2. The Kier molecular flexibility index (Phi) is 7.71. The van der Waals surface area contributed by atoms with Gasteiger partial charge in [-0.2, -0.15) is 0 Å². The summed E-state index contributed by atoms with van der Waals surface area (Å²) >= 11 is 6.17. The van der Waals surface area contributed by atoms with Crippen molar-refractivity contribution >= 4 is 27.5 Å². The van der Waals surface area contributed by atoms with Crippen LogP contribution in [0.5, 0.6) is 5.75 Å². The minimum absolute atomic E-state index is 0.0132. The number of carbonyl (C=O) groups is 1. The average molecular weight is 453 g/mol. The van der Waals surface area contributed by atoms with Gasteiger partial charge in [0.2, 0.25) is 10.0 Å². The van der Waals surface area contributed by atoms with Crippen LogP contribution in [0.25, 0.3) is 0 Å². The van der Waals surface area contributed by atoms with Crippen LogP contribution in [0, 0.1) is 0 Å². The molecule has 1 atom stereocenters. The van der Waals surface area contributed by atoms with Crippen molar-refractivity contribution in [3.8, 4) is 5.75 Å². The van der Waals surface area contributed by atoms with E-state index in [4.69, 9.17) is 21.1 Å². The Bertz CT molecular complexity index is 997. The largest absolute Gasteiger partial charge is 0.482 e. The lowest BCUT2D eigenvalue weighted by molar-refractivity contribution is -0.123. The van der Waals surface area contributed by atoms with Crippen LogP contribution >= 0.6 is 11.6 Å². The highest BCUT2D eigenvalue weighted by Gasteiger charge is 2.22. The van der Waals surface area contributed by atoms with Crippen LogP contribution in [0.15, 0.2) is 47.4 Å². The summed E-state index contributed by atoms with van der Waals surface area (Å²) in [5, 5.41) is 3.12. The first-order valence-corrected chi connectivity index (χ1v) is 11.5. The zero-order chi connectivity index (χ0) is 21.6. The third-order valence-corrected chi connectivity index (χ3v) is 6.63. The number of aryl methyl sites for hydroxylation is 1. The number of hydrogen-bond acceptors (Lipinski definition) is 5. The van der Waals surface area contributed by atoms with Crippen LogP contribution in [-0.4, -0.2) is 41.2 Å². The zero-order valence-electron chi connectivity index (χ0n) is 16.7. The lowest BCUT2D eigenvalue weighted by Crippen LogP contribution is -2.34. The maximum absolute atomic E-state index is 12.4. The monoisotopic (exact) mass is 452 g/mol. The second-order valence-corrected chi connectivity index (χ2v) is 9.16. The molecule has 0 spiro atoms. The number of rotatable bonds is 9. The number of halogens is 1. The Morgan fingerprint density at radius 1 is 1.23 bits per heavy atom. The number of benzene rings is 2. The zero-order valence-corrected chi connectivity index (χ0v) is 18.3. The van der Waals surface area contributed by atoms with Gasteiger partial charge in [0.05, 0.1) is 22.6 Å². The van der Waals surface area contributed by atoms with Crippen molar-refractivity contribution in [2.75, 3.05) is 26.9 Å². The van der Waals surface area contributed by atoms with Crippen LogP contribution in [0.3, 0.4) is 0 Å². The highest BCUT2D eigenvalue weighted by atomic mass is 35.5. The van der Waals surface area contributed by atoms with Gasteiger partial charge in [0.1, 0.15) is 5.75 Å². The van der Waals surface area contributed by atoms with Gasteiger partial charge in [-0.15, -0.1) is 0 Å². The van der Waals surface area contributed by atoms with E-state index in [1.807, 2.05) is 18.2 Å². The van der Waals surface area contributed by atoms with Gasteiger partial charge in [-0.1, -0.05) is 35.9 Å². The summed E-state index contributed by atoms with van der Waals surface area (Å²) in [5.74, 6) is -0.0163. The van der Waals surface area contributed by atoms with E-state index in [1.165, 1.54) is 30.9 Å². The Hall–Kier alpha value is -2.13. The molecule has 0 aliphatic heterocycles. The predicted octanol–water partition coefficient (Wildman–Crippen LogP) is 2.84. The molecule has 2 aromatic rings. The molecule has 0 saturated carbocycles. The van der Waals surface area contributed by atoms with Crippen LogP contribution in [-0.2, 0) is 26.0 Å². The van der Waals surface area contributed by atoms with E-state index in [1.54, 1.807) is 0 Å². The Balaban J connectivity index is 1.58. The van der Waals surface area contributed by atoms with Crippen molar-refractivity contribution < 1.29 is 22.7 Å². The van der Waals surface area contributed by atoms with Gasteiger partial charge in [0.25, 0.3) is 5.91 Å². The summed E-state index contributed by atoms with van der Waals surface area (Å²) < 4.78 is 37.2. The maximum Gasteiger partial charge on any atom is 0.258 e. The Morgan fingerprint density at radius 2 is 2.03 bits per heavy atom. The van der Waals surface area contributed by atoms with Crippen LogP contribution in [0.1, 0.15) is 30.0 Å². The van der Waals surface area contributed by atoms with Crippen molar-refractivity contribution in [2.24, 2.45) is 0 Å². The van der Waals surface area contributed by atoms with E-state index in [0.29, 0.717) is 0 Å². The standard InChI is InChI=1S/C21H25ClN2O5S/c1-28-12-11-23-30(26,27)16-9-10-20(18(22)13-16)29-14-21(25)24-19-8-4-6-15-5-2-3-7-17(15)19/h2-3,5,7,9-10,13,19,23H,4,6,8,11-12,14H2,1H3,(H,24,25). The highest BCUT2D eigenvalue weighted by Crippen LogP contribution is 2.30. The molecule has 0 fully saturated rings. The Labute approximate surface area is 181 Å². The SMILES string of the molecule is COCCNS(=O)(=O)c1ccc(OCC(=O)NC2CCCc3ccccc32)c(Cl)c1. The van der Waals surface area contributed by atoms with Crippen molar-refractivity contribution in [3.05, 3.63) is 58.6 Å². The van der Waals surface area contributed by atoms with Gasteiger partial charge in [-0.25, -0.2) is 13.1 Å². The van der Waals surface area contributed by atoms with Crippen LogP contribution < -0.4 is 14.8 Å². The number of sulfonamides is 1. The van der Waals surface area contributed by atoms with Gasteiger partial charge in [-0.05, 0) is 48.6 Å². The van der Waals surface area contributed by atoms with Crippen LogP contribution in [0.2, 0.25) is 5.02 Å².